The van der Waals surface area contributed by atoms with Gasteiger partial charge in [0.25, 0.3) is 0 Å². The van der Waals surface area contributed by atoms with Crippen molar-refractivity contribution in [3.63, 3.8) is 0 Å². The molecule has 1 aliphatic carbocycles. The van der Waals surface area contributed by atoms with Gasteiger partial charge in [0.15, 0.2) is 0 Å². The fraction of sp³-hybridized carbons (Fsp3) is 0.208. The van der Waals surface area contributed by atoms with Gasteiger partial charge in [-0.1, -0.05) is 31.0 Å². The van der Waals surface area contributed by atoms with Crippen molar-refractivity contribution in [2.45, 2.75) is 31.6 Å². The molecule has 0 atom stereocenters. The summed E-state index contributed by atoms with van der Waals surface area (Å²) in [4.78, 5) is 4.32. The average Bonchev–Trinajstić information content (AvgIpc) is 3.38. The van der Waals surface area contributed by atoms with Gasteiger partial charge in [-0.15, -0.1) is 0 Å². The third kappa shape index (κ3) is 3.01. The predicted octanol–water partition coefficient (Wildman–Crippen LogP) is 6.03. The van der Waals surface area contributed by atoms with Gasteiger partial charge in [0.1, 0.15) is 11.5 Å². The molecule has 1 fully saturated rings. The first-order valence-corrected chi connectivity index (χ1v) is 9.89. The molecule has 4 heteroatoms. The number of ether oxygens (including phenoxy) is 1. The molecule has 0 aliphatic heterocycles. The lowest BCUT2D eigenvalue weighted by Crippen LogP contribution is -2.01. The first kappa shape index (κ1) is 16.9. The van der Waals surface area contributed by atoms with E-state index in [1.807, 2.05) is 48.7 Å². The summed E-state index contributed by atoms with van der Waals surface area (Å²) >= 11 is 0. The lowest BCUT2D eigenvalue weighted by molar-refractivity contribution is 0.483. The molecule has 0 spiro atoms. The number of fused-ring (bicyclic) bond motifs is 1. The van der Waals surface area contributed by atoms with Gasteiger partial charge in [-0.3, -0.25) is 4.40 Å². The Labute approximate surface area is 164 Å². The second-order valence-corrected chi connectivity index (χ2v) is 7.43. The van der Waals surface area contributed by atoms with Gasteiger partial charge < -0.3 is 10.5 Å². The summed E-state index contributed by atoms with van der Waals surface area (Å²) in [7, 11) is 0. The van der Waals surface area contributed by atoms with Crippen LogP contribution in [0.5, 0.6) is 11.5 Å². The quantitative estimate of drug-likeness (QED) is 0.477. The highest BCUT2D eigenvalue weighted by atomic mass is 16.5. The summed E-state index contributed by atoms with van der Waals surface area (Å²) in [5.74, 6) is 2.80. The molecule has 2 heterocycles. The van der Waals surface area contributed by atoms with Crippen LogP contribution < -0.4 is 10.5 Å². The molecule has 0 radical (unpaired) electrons. The number of aromatic nitrogens is 2. The highest BCUT2D eigenvalue weighted by molar-refractivity contribution is 5.74. The van der Waals surface area contributed by atoms with E-state index in [-0.39, 0.29) is 0 Å². The zero-order valence-corrected chi connectivity index (χ0v) is 15.7. The topological polar surface area (TPSA) is 52.5 Å². The molecule has 2 aromatic carbocycles. The zero-order valence-electron chi connectivity index (χ0n) is 15.7. The minimum absolute atomic E-state index is 0.529. The lowest BCUT2D eigenvalue weighted by Gasteiger charge is -2.09. The number of anilines is 1. The van der Waals surface area contributed by atoms with Gasteiger partial charge >= 0.3 is 0 Å². The highest BCUT2D eigenvalue weighted by Crippen LogP contribution is 2.40. The van der Waals surface area contributed by atoms with E-state index >= 15 is 0 Å². The Kier molecular flexibility index (Phi) is 4.24. The summed E-state index contributed by atoms with van der Waals surface area (Å²) in [6.45, 7) is 0. The Morgan fingerprint density at radius 2 is 1.61 bits per heavy atom. The Bertz CT molecular complexity index is 1090. The lowest BCUT2D eigenvalue weighted by atomic mass is 9.98. The van der Waals surface area contributed by atoms with Gasteiger partial charge in [0.05, 0.1) is 11.2 Å². The fourth-order valence-corrected chi connectivity index (χ4v) is 4.30. The van der Waals surface area contributed by atoms with Crippen molar-refractivity contribution < 1.29 is 4.74 Å². The maximum atomic E-state index is 6.27. The number of nitrogen functional groups attached to an aromatic ring is 1. The molecule has 1 aliphatic rings. The molecule has 5 rings (SSSR count). The Morgan fingerprint density at radius 3 is 2.36 bits per heavy atom. The summed E-state index contributed by atoms with van der Waals surface area (Å²) in [6.07, 6.45) is 6.94. The van der Waals surface area contributed by atoms with E-state index in [0.717, 1.165) is 22.8 Å². The van der Waals surface area contributed by atoms with Gasteiger partial charge in [0.2, 0.25) is 5.95 Å². The fourth-order valence-electron chi connectivity index (χ4n) is 4.30. The molecule has 2 aromatic heterocycles. The van der Waals surface area contributed by atoms with E-state index < -0.39 is 0 Å². The molecule has 4 nitrogen and oxygen atoms in total. The molecule has 1 saturated carbocycles. The van der Waals surface area contributed by atoms with E-state index in [4.69, 9.17) is 10.5 Å². The second kappa shape index (κ2) is 7.04. The van der Waals surface area contributed by atoms with Gasteiger partial charge in [0, 0.05) is 6.20 Å². The minimum Gasteiger partial charge on any atom is -0.457 e. The van der Waals surface area contributed by atoms with Crippen molar-refractivity contribution >= 4 is 11.5 Å². The Balaban J connectivity index is 1.53. The third-order valence-electron chi connectivity index (χ3n) is 5.66. The van der Waals surface area contributed by atoms with Gasteiger partial charge in [-0.25, -0.2) is 4.98 Å². The first-order chi connectivity index (χ1) is 13.8. The SMILES string of the molecule is Nc1nccc2c(C3CCCC3)cc(-c3ccc(Oc4ccccc4)cc3)n12. The second-order valence-electron chi connectivity index (χ2n) is 7.43. The van der Waals surface area contributed by atoms with E-state index in [9.17, 15) is 0 Å². The molecule has 4 aromatic rings. The van der Waals surface area contributed by atoms with Crippen LogP contribution in [0.3, 0.4) is 0 Å². The van der Waals surface area contributed by atoms with Crippen LogP contribution in [0.25, 0.3) is 16.8 Å². The maximum Gasteiger partial charge on any atom is 0.205 e. The summed E-state index contributed by atoms with van der Waals surface area (Å²) in [5.41, 5.74) is 11.0. The molecule has 140 valence electrons. The van der Waals surface area contributed by atoms with E-state index in [2.05, 4.69) is 33.7 Å². The minimum atomic E-state index is 0.529. The Morgan fingerprint density at radius 1 is 0.893 bits per heavy atom. The Hall–Kier alpha value is -3.27. The number of nitrogens with two attached hydrogens (primary N) is 1. The van der Waals surface area contributed by atoms with Crippen molar-refractivity contribution in [3.8, 4) is 22.8 Å². The van der Waals surface area contributed by atoms with Crippen molar-refractivity contribution in [2.24, 2.45) is 0 Å². The number of para-hydroxylation sites is 1. The number of hydrogen-bond acceptors (Lipinski definition) is 3. The van der Waals surface area contributed by atoms with Gasteiger partial charge in [-0.2, -0.15) is 0 Å². The molecular formula is C24H23N3O. The molecular weight excluding hydrogens is 346 g/mol. The summed E-state index contributed by atoms with van der Waals surface area (Å²) in [5, 5.41) is 0. The molecule has 0 unspecified atom stereocenters. The smallest absolute Gasteiger partial charge is 0.205 e. The van der Waals surface area contributed by atoms with E-state index in [0.29, 0.717) is 11.9 Å². The summed E-state index contributed by atoms with van der Waals surface area (Å²) < 4.78 is 8.01. The zero-order chi connectivity index (χ0) is 18.9. The molecule has 28 heavy (non-hydrogen) atoms. The molecule has 0 saturated heterocycles. The van der Waals surface area contributed by atoms with Crippen molar-refractivity contribution in [3.05, 3.63) is 78.5 Å². The largest absolute Gasteiger partial charge is 0.457 e. The average molecular weight is 369 g/mol. The highest BCUT2D eigenvalue weighted by Gasteiger charge is 2.23. The first-order valence-electron chi connectivity index (χ1n) is 9.89. The number of nitrogens with zero attached hydrogens (tertiary/aromatic N) is 2. The third-order valence-corrected chi connectivity index (χ3v) is 5.66. The molecule has 2 N–H and O–H groups in total. The number of rotatable bonds is 4. The van der Waals surface area contributed by atoms with Crippen LogP contribution >= 0.6 is 0 Å². The van der Waals surface area contributed by atoms with Crippen molar-refractivity contribution in [1.29, 1.82) is 0 Å². The van der Waals surface area contributed by atoms with E-state index in [1.54, 1.807) is 0 Å². The standard InChI is InChI=1S/C24H23N3O/c25-24-26-15-14-22-21(17-6-4-5-7-17)16-23(27(22)24)18-10-12-20(13-11-18)28-19-8-2-1-3-9-19/h1-3,8-17H,4-7H2,(H2,25,26). The molecule has 0 amide bonds. The monoisotopic (exact) mass is 369 g/mol. The molecule has 0 bridgehead atoms. The predicted molar refractivity (Wildman–Crippen MR) is 113 cm³/mol. The normalized spacial score (nSPS) is 14.6. The van der Waals surface area contributed by atoms with Crippen LogP contribution in [0, 0.1) is 0 Å². The number of hydrogen-bond donors (Lipinski definition) is 1. The van der Waals surface area contributed by atoms with Crippen LogP contribution in [-0.4, -0.2) is 9.38 Å². The van der Waals surface area contributed by atoms with E-state index in [1.165, 1.54) is 36.8 Å². The van der Waals surface area contributed by atoms with Gasteiger partial charge in [-0.05, 0) is 78.4 Å². The maximum absolute atomic E-state index is 6.27. The van der Waals surface area contributed by atoms with Crippen LogP contribution in [0.2, 0.25) is 0 Å². The van der Waals surface area contributed by atoms with Crippen LogP contribution in [0.15, 0.2) is 72.9 Å². The van der Waals surface area contributed by atoms with Crippen LogP contribution in [0.4, 0.5) is 5.95 Å². The number of benzene rings is 2. The van der Waals surface area contributed by atoms with Crippen LogP contribution in [0.1, 0.15) is 37.2 Å². The van der Waals surface area contributed by atoms with Crippen LogP contribution in [-0.2, 0) is 0 Å². The summed E-state index contributed by atoms with van der Waals surface area (Å²) in [6, 6.07) is 22.4. The van der Waals surface area contributed by atoms with Crippen molar-refractivity contribution in [2.75, 3.05) is 5.73 Å². The van der Waals surface area contributed by atoms with Crippen molar-refractivity contribution in [1.82, 2.24) is 9.38 Å².